The summed E-state index contributed by atoms with van der Waals surface area (Å²) in [7, 11) is 1.55. The first-order valence-electron chi connectivity index (χ1n) is 6.64. The predicted octanol–water partition coefficient (Wildman–Crippen LogP) is 2.93. The number of nitrogens with zero attached hydrogens (tertiary/aromatic N) is 1. The fraction of sp³-hybridized carbons (Fsp3) is 0.429. The normalized spacial score (nSPS) is 13.6. The lowest BCUT2D eigenvalue weighted by Crippen LogP contribution is -2.38. The molecule has 0 atom stereocenters. The maximum absolute atomic E-state index is 12.3. The lowest BCUT2D eigenvalue weighted by Gasteiger charge is -2.22. The number of hydrogen-bond acceptors (Lipinski definition) is 3. The minimum Gasteiger partial charge on any atom is -0.495 e. The van der Waals surface area contributed by atoms with Gasteiger partial charge in [-0.3, -0.25) is 4.79 Å². The summed E-state index contributed by atoms with van der Waals surface area (Å²) in [6, 6.07) is 5.13. The van der Waals surface area contributed by atoms with Gasteiger partial charge in [0.15, 0.2) is 0 Å². The minimum atomic E-state index is -0.904. The average Bonchev–Trinajstić information content (AvgIpc) is 3.25. The van der Waals surface area contributed by atoms with Crippen LogP contribution in [0.3, 0.4) is 0 Å². The van der Waals surface area contributed by atoms with Crippen molar-refractivity contribution in [1.29, 1.82) is 0 Å². The molecule has 1 aliphatic carbocycles. The third-order valence-electron chi connectivity index (χ3n) is 3.22. The van der Waals surface area contributed by atoms with Gasteiger partial charge in [-0.25, -0.2) is 4.79 Å². The van der Waals surface area contributed by atoms with Gasteiger partial charge in [0.25, 0.3) is 0 Å². The number of carbonyl (C=O) groups excluding carboxylic acids is 1. The highest BCUT2D eigenvalue weighted by atomic mass is 79.9. The number of nitrogens with one attached hydrogen (secondary N) is 1. The lowest BCUT2D eigenvalue weighted by atomic mass is 10.3. The molecule has 1 saturated carbocycles. The number of rotatable bonds is 6. The number of methoxy groups -OCH3 is 1. The molecular formula is C14H17BrN2O4. The second kappa shape index (κ2) is 6.80. The number of aliphatic carboxylic acids is 1. The van der Waals surface area contributed by atoms with Crippen LogP contribution >= 0.6 is 15.9 Å². The highest BCUT2D eigenvalue weighted by Gasteiger charge is 2.32. The van der Waals surface area contributed by atoms with Crippen LogP contribution in [0.25, 0.3) is 0 Å². The summed E-state index contributed by atoms with van der Waals surface area (Å²) in [6.07, 6.45) is 1.81. The van der Waals surface area contributed by atoms with E-state index in [1.165, 1.54) is 0 Å². The summed E-state index contributed by atoms with van der Waals surface area (Å²) in [5, 5.41) is 11.5. The molecule has 1 aromatic rings. The number of hydrogen-bond donors (Lipinski definition) is 2. The Labute approximate surface area is 131 Å². The topological polar surface area (TPSA) is 78.9 Å². The van der Waals surface area contributed by atoms with E-state index in [1.807, 2.05) is 0 Å². The number of anilines is 1. The van der Waals surface area contributed by atoms with Crippen LogP contribution < -0.4 is 10.1 Å². The molecule has 1 aromatic carbocycles. The smallest absolute Gasteiger partial charge is 0.322 e. The third-order valence-corrected chi connectivity index (χ3v) is 3.87. The summed E-state index contributed by atoms with van der Waals surface area (Å²) in [4.78, 5) is 24.5. The molecule has 21 heavy (non-hydrogen) atoms. The number of urea groups is 1. The average molecular weight is 357 g/mol. The Morgan fingerprint density at radius 2 is 2.19 bits per heavy atom. The summed E-state index contributed by atoms with van der Waals surface area (Å²) in [6.45, 7) is 0.222. The van der Waals surface area contributed by atoms with Crippen molar-refractivity contribution in [2.45, 2.75) is 25.3 Å². The van der Waals surface area contributed by atoms with Crippen LogP contribution in [-0.4, -0.2) is 41.7 Å². The summed E-state index contributed by atoms with van der Waals surface area (Å²) in [5.41, 5.74) is 0.612. The van der Waals surface area contributed by atoms with E-state index in [-0.39, 0.29) is 25.0 Å². The van der Waals surface area contributed by atoms with Crippen molar-refractivity contribution in [1.82, 2.24) is 4.90 Å². The zero-order valence-corrected chi connectivity index (χ0v) is 13.2. The molecule has 2 N–H and O–H groups in total. The molecular weight excluding hydrogens is 340 g/mol. The zero-order valence-electron chi connectivity index (χ0n) is 11.6. The van der Waals surface area contributed by atoms with Crippen molar-refractivity contribution in [3.8, 4) is 5.75 Å². The number of benzene rings is 1. The Kier molecular flexibility index (Phi) is 5.06. The van der Waals surface area contributed by atoms with E-state index in [4.69, 9.17) is 9.84 Å². The van der Waals surface area contributed by atoms with Crippen molar-refractivity contribution < 1.29 is 19.4 Å². The van der Waals surface area contributed by atoms with E-state index < -0.39 is 5.97 Å². The van der Waals surface area contributed by atoms with Crippen LogP contribution in [0.5, 0.6) is 5.75 Å². The van der Waals surface area contributed by atoms with Crippen LogP contribution in [0.2, 0.25) is 0 Å². The van der Waals surface area contributed by atoms with Crippen LogP contribution in [0.4, 0.5) is 10.5 Å². The standard InChI is InChI=1S/C14H17BrN2O4/c1-21-12-8-9(2-5-11(12)15)16-14(20)17(10-3-4-10)7-6-13(18)19/h2,5,8,10H,3-4,6-7H2,1H3,(H,16,20)(H,18,19). The maximum atomic E-state index is 12.3. The van der Waals surface area contributed by atoms with Gasteiger partial charge >= 0.3 is 12.0 Å². The Balaban J connectivity index is 2.02. The van der Waals surface area contributed by atoms with Crippen LogP contribution in [0.15, 0.2) is 22.7 Å². The second-order valence-electron chi connectivity index (χ2n) is 4.85. The highest BCUT2D eigenvalue weighted by Crippen LogP contribution is 2.30. The van der Waals surface area contributed by atoms with Gasteiger partial charge in [0.1, 0.15) is 5.75 Å². The maximum Gasteiger partial charge on any atom is 0.322 e. The van der Waals surface area contributed by atoms with Crippen LogP contribution in [0, 0.1) is 0 Å². The number of carboxylic acids is 1. The molecule has 1 aliphatic rings. The fourth-order valence-electron chi connectivity index (χ4n) is 1.99. The molecule has 0 heterocycles. The zero-order chi connectivity index (χ0) is 15.4. The lowest BCUT2D eigenvalue weighted by molar-refractivity contribution is -0.137. The van der Waals surface area contributed by atoms with E-state index >= 15 is 0 Å². The van der Waals surface area contributed by atoms with Gasteiger partial charge in [0.05, 0.1) is 18.0 Å². The van der Waals surface area contributed by atoms with E-state index in [9.17, 15) is 9.59 Å². The van der Waals surface area contributed by atoms with Gasteiger partial charge in [0, 0.05) is 24.3 Å². The number of halogens is 1. The van der Waals surface area contributed by atoms with Crippen LogP contribution in [0.1, 0.15) is 19.3 Å². The molecule has 2 rings (SSSR count). The number of carbonyl (C=O) groups is 2. The number of amides is 2. The molecule has 0 bridgehead atoms. The molecule has 2 amide bonds. The summed E-state index contributed by atoms with van der Waals surface area (Å²) in [5.74, 6) is -0.282. The first kappa shape index (κ1) is 15.6. The SMILES string of the molecule is COc1cc(NC(=O)N(CCC(=O)O)C2CC2)ccc1Br. The summed E-state index contributed by atoms with van der Waals surface area (Å²) >= 11 is 3.35. The molecule has 6 nitrogen and oxygen atoms in total. The molecule has 1 fully saturated rings. The van der Waals surface area contributed by atoms with E-state index in [0.717, 1.165) is 17.3 Å². The van der Waals surface area contributed by atoms with E-state index in [2.05, 4.69) is 21.2 Å². The fourth-order valence-corrected chi connectivity index (χ4v) is 2.39. The van der Waals surface area contributed by atoms with Gasteiger partial charge in [-0.2, -0.15) is 0 Å². The van der Waals surface area contributed by atoms with Gasteiger partial charge in [-0.05, 0) is 40.9 Å². The van der Waals surface area contributed by atoms with Crippen molar-refractivity contribution in [3.05, 3.63) is 22.7 Å². The predicted molar refractivity (Wildman–Crippen MR) is 81.7 cm³/mol. The Bertz CT molecular complexity index is 546. The molecule has 114 valence electrons. The van der Waals surface area contributed by atoms with E-state index in [0.29, 0.717) is 11.4 Å². The van der Waals surface area contributed by atoms with E-state index in [1.54, 1.807) is 30.2 Å². The molecule has 0 radical (unpaired) electrons. The first-order chi connectivity index (χ1) is 10.0. The number of carboxylic acid groups (broad SMARTS) is 1. The first-order valence-corrected chi connectivity index (χ1v) is 7.43. The Morgan fingerprint density at radius 3 is 2.76 bits per heavy atom. The van der Waals surface area contributed by atoms with Gasteiger partial charge < -0.3 is 20.1 Å². The molecule has 0 aromatic heterocycles. The molecule has 0 spiro atoms. The van der Waals surface area contributed by atoms with Crippen molar-refractivity contribution >= 4 is 33.6 Å². The van der Waals surface area contributed by atoms with Crippen molar-refractivity contribution in [3.63, 3.8) is 0 Å². The van der Waals surface area contributed by atoms with Gasteiger partial charge in [0.2, 0.25) is 0 Å². The summed E-state index contributed by atoms with van der Waals surface area (Å²) < 4.78 is 5.98. The molecule has 7 heteroatoms. The number of ether oxygens (including phenoxy) is 1. The molecule has 0 aliphatic heterocycles. The quantitative estimate of drug-likeness (QED) is 0.821. The third kappa shape index (κ3) is 4.35. The minimum absolute atomic E-state index is 0.0480. The van der Waals surface area contributed by atoms with Crippen molar-refractivity contribution in [2.75, 3.05) is 19.0 Å². The highest BCUT2D eigenvalue weighted by molar-refractivity contribution is 9.10. The monoisotopic (exact) mass is 356 g/mol. The largest absolute Gasteiger partial charge is 0.495 e. The molecule has 0 saturated heterocycles. The molecule has 0 unspecified atom stereocenters. The van der Waals surface area contributed by atoms with Gasteiger partial charge in [-0.1, -0.05) is 0 Å². The second-order valence-corrected chi connectivity index (χ2v) is 5.70. The van der Waals surface area contributed by atoms with Crippen molar-refractivity contribution in [2.24, 2.45) is 0 Å². The Hall–Kier alpha value is -1.76. The van der Waals surface area contributed by atoms with Crippen LogP contribution in [-0.2, 0) is 4.79 Å². The Morgan fingerprint density at radius 1 is 1.48 bits per heavy atom. The van der Waals surface area contributed by atoms with Gasteiger partial charge in [-0.15, -0.1) is 0 Å².